The number of hydrogen-bond acceptors (Lipinski definition) is 4. The molecule has 0 aliphatic carbocycles. The van der Waals surface area contributed by atoms with E-state index in [2.05, 4.69) is 0 Å². The monoisotopic (exact) mass is 373 g/mol. The molecule has 2 fully saturated rings. The van der Waals surface area contributed by atoms with E-state index in [9.17, 15) is 8.42 Å². The molecule has 3 atom stereocenters. The van der Waals surface area contributed by atoms with Gasteiger partial charge in [0.2, 0.25) is 10.0 Å². The molecule has 0 aromatic heterocycles. The van der Waals surface area contributed by atoms with E-state index in [1.165, 1.54) is 0 Å². The van der Waals surface area contributed by atoms with Crippen LogP contribution in [0.4, 0.5) is 0 Å². The van der Waals surface area contributed by atoms with Crippen LogP contribution in [0.5, 0.6) is 0 Å². The lowest BCUT2D eigenvalue weighted by molar-refractivity contribution is -0.0723. The summed E-state index contributed by atoms with van der Waals surface area (Å²) in [6, 6.07) is 16.8. The maximum Gasteiger partial charge on any atom is 0.243 e. The number of benzene rings is 2. The lowest BCUT2D eigenvalue weighted by Crippen LogP contribution is -2.38. The second kappa shape index (κ2) is 7.12. The fourth-order valence-corrected chi connectivity index (χ4v) is 5.04. The standard InChI is InChI=1S/C20H23NO4S/c1-15-9-11-17(12-10-15)26(22,23)21-13-5-8-18-19(14-21)25-20(24-18)16-6-3-2-4-7-16/h2-4,6-7,9-12,18-20H,5,8,13-14H2,1H3/t18-,19+,20+/m0/s1. The fourth-order valence-electron chi connectivity index (χ4n) is 3.55. The molecule has 0 bridgehead atoms. The van der Waals surface area contributed by atoms with Crippen LogP contribution in [0.25, 0.3) is 0 Å². The Kier molecular flexibility index (Phi) is 4.84. The van der Waals surface area contributed by atoms with Crippen LogP contribution in [0, 0.1) is 6.92 Å². The molecule has 0 amide bonds. The number of aryl methyl sites for hydroxylation is 1. The summed E-state index contributed by atoms with van der Waals surface area (Å²) in [6.07, 6.45) is 0.819. The third-order valence-corrected chi connectivity index (χ3v) is 6.90. The maximum absolute atomic E-state index is 13.0. The summed E-state index contributed by atoms with van der Waals surface area (Å²) >= 11 is 0. The van der Waals surface area contributed by atoms with Gasteiger partial charge in [-0.2, -0.15) is 4.31 Å². The summed E-state index contributed by atoms with van der Waals surface area (Å²) in [5.74, 6) is 0. The topological polar surface area (TPSA) is 55.8 Å². The van der Waals surface area contributed by atoms with E-state index in [4.69, 9.17) is 9.47 Å². The summed E-state index contributed by atoms with van der Waals surface area (Å²) in [4.78, 5) is 0.333. The van der Waals surface area contributed by atoms with Gasteiger partial charge in [-0.05, 0) is 31.9 Å². The van der Waals surface area contributed by atoms with Gasteiger partial charge in [0.1, 0.15) is 6.10 Å². The predicted molar refractivity (Wildman–Crippen MR) is 98.1 cm³/mol. The highest BCUT2D eigenvalue weighted by molar-refractivity contribution is 7.89. The summed E-state index contributed by atoms with van der Waals surface area (Å²) in [5.41, 5.74) is 2.01. The molecule has 2 aromatic rings. The number of rotatable bonds is 3. The summed E-state index contributed by atoms with van der Waals surface area (Å²) in [7, 11) is -3.53. The van der Waals surface area contributed by atoms with Gasteiger partial charge in [0.05, 0.1) is 11.0 Å². The zero-order chi connectivity index (χ0) is 18.1. The van der Waals surface area contributed by atoms with E-state index < -0.39 is 16.3 Å². The molecular formula is C20H23NO4S. The van der Waals surface area contributed by atoms with E-state index in [0.29, 0.717) is 18.0 Å². The molecule has 0 saturated carbocycles. The van der Waals surface area contributed by atoms with Crippen molar-refractivity contribution >= 4 is 10.0 Å². The van der Waals surface area contributed by atoms with Crippen LogP contribution in [0.2, 0.25) is 0 Å². The molecule has 0 spiro atoms. The lowest BCUT2D eigenvalue weighted by atomic mass is 10.1. The summed E-state index contributed by atoms with van der Waals surface area (Å²) < 4.78 is 39.7. The average molecular weight is 373 g/mol. The molecule has 2 aliphatic heterocycles. The van der Waals surface area contributed by atoms with Crippen molar-refractivity contribution in [3.05, 3.63) is 65.7 Å². The molecule has 2 aliphatic rings. The van der Waals surface area contributed by atoms with Crippen molar-refractivity contribution in [2.45, 2.75) is 43.2 Å². The first kappa shape index (κ1) is 17.7. The Morgan fingerprint density at radius 3 is 2.38 bits per heavy atom. The van der Waals surface area contributed by atoms with E-state index in [0.717, 1.165) is 24.0 Å². The number of ether oxygens (including phenoxy) is 2. The molecule has 0 radical (unpaired) electrons. The Morgan fingerprint density at radius 2 is 1.65 bits per heavy atom. The van der Waals surface area contributed by atoms with Crippen molar-refractivity contribution in [3.8, 4) is 0 Å². The van der Waals surface area contributed by atoms with E-state index in [-0.39, 0.29) is 12.2 Å². The van der Waals surface area contributed by atoms with Crippen LogP contribution in [0.1, 0.15) is 30.3 Å². The first-order valence-electron chi connectivity index (χ1n) is 8.97. The number of hydrogen-bond donors (Lipinski definition) is 0. The van der Waals surface area contributed by atoms with Crippen LogP contribution in [-0.2, 0) is 19.5 Å². The molecule has 2 aromatic carbocycles. The third kappa shape index (κ3) is 3.42. The van der Waals surface area contributed by atoms with Crippen molar-refractivity contribution in [3.63, 3.8) is 0 Å². The van der Waals surface area contributed by atoms with Crippen LogP contribution < -0.4 is 0 Å². The van der Waals surface area contributed by atoms with Gasteiger partial charge >= 0.3 is 0 Å². The summed E-state index contributed by atoms with van der Waals surface area (Å²) in [5, 5.41) is 0. The predicted octanol–water partition coefficient (Wildman–Crippen LogP) is 3.26. The molecule has 5 nitrogen and oxygen atoms in total. The number of sulfonamides is 1. The summed E-state index contributed by atoms with van der Waals surface area (Å²) in [6.45, 7) is 2.76. The molecule has 2 saturated heterocycles. The van der Waals surface area contributed by atoms with Gasteiger partial charge in [-0.1, -0.05) is 48.0 Å². The second-order valence-electron chi connectivity index (χ2n) is 6.91. The highest BCUT2D eigenvalue weighted by atomic mass is 32.2. The Bertz CT molecular complexity index is 851. The van der Waals surface area contributed by atoms with E-state index in [1.54, 1.807) is 16.4 Å². The van der Waals surface area contributed by atoms with Crippen LogP contribution in [0.15, 0.2) is 59.5 Å². The second-order valence-corrected chi connectivity index (χ2v) is 8.85. The Morgan fingerprint density at radius 1 is 0.962 bits per heavy atom. The molecular weight excluding hydrogens is 350 g/mol. The normalized spacial score (nSPS) is 27.0. The number of fused-ring (bicyclic) bond motifs is 1. The smallest absolute Gasteiger partial charge is 0.243 e. The highest BCUT2D eigenvalue weighted by Gasteiger charge is 2.41. The zero-order valence-corrected chi connectivity index (χ0v) is 15.6. The first-order valence-corrected chi connectivity index (χ1v) is 10.4. The zero-order valence-electron chi connectivity index (χ0n) is 14.7. The van der Waals surface area contributed by atoms with Crippen LogP contribution in [-0.4, -0.2) is 38.0 Å². The SMILES string of the molecule is Cc1ccc(S(=O)(=O)N2CCC[C@@H]3O[C@@H](c4ccccc4)O[C@@H]3C2)cc1. The van der Waals surface area contributed by atoms with E-state index in [1.807, 2.05) is 49.4 Å². The number of nitrogens with zero attached hydrogens (tertiary/aromatic N) is 1. The minimum absolute atomic E-state index is 0.0709. The Balaban J connectivity index is 1.53. The molecule has 4 rings (SSSR count). The van der Waals surface area contributed by atoms with Crippen LogP contribution >= 0.6 is 0 Å². The van der Waals surface area contributed by atoms with Gasteiger partial charge in [-0.3, -0.25) is 0 Å². The molecule has 26 heavy (non-hydrogen) atoms. The molecule has 2 heterocycles. The molecule has 6 heteroatoms. The van der Waals surface area contributed by atoms with E-state index >= 15 is 0 Å². The van der Waals surface area contributed by atoms with Crippen molar-refractivity contribution < 1.29 is 17.9 Å². The minimum Gasteiger partial charge on any atom is -0.342 e. The van der Waals surface area contributed by atoms with Gasteiger partial charge in [-0.15, -0.1) is 0 Å². The van der Waals surface area contributed by atoms with Crippen molar-refractivity contribution in [1.29, 1.82) is 0 Å². The Labute approximate surface area is 154 Å². The lowest BCUT2D eigenvalue weighted by Gasteiger charge is -2.23. The first-order chi connectivity index (χ1) is 12.5. The highest BCUT2D eigenvalue weighted by Crippen LogP contribution is 2.36. The van der Waals surface area contributed by atoms with Gasteiger partial charge < -0.3 is 9.47 Å². The van der Waals surface area contributed by atoms with Gasteiger partial charge in [-0.25, -0.2) is 8.42 Å². The van der Waals surface area contributed by atoms with Crippen molar-refractivity contribution in [1.82, 2.24) is 4.31 Å². The largest absolute Gasteiger partial charge is 0.342 e. The molecule has 0 unspecified atom stereocenters. The van der Waals surface area contributed by atoms with Gasteiger partial charge in [0, 0.05) is 18.7 Å². The quantitative estimate of drug-likeness (QED) is 0.829. The van der Waals surface area contributed by atoms with Gasteiger partial charge in [0.25, 0.3) is 0 Å². The Hall–Kier alpha value is -1.73. The average Bonchev–Trinajstić information content (AvgIpc) is 2.94. The molecule has 138 valence electrons. The third-order valence-electron chi connectivity index (χ3n) is 5.02. The molecule has 0 N–H and O–H groups in total. The van der Waals surface area contributed by atoms with Crippen LogP contribution in [0.3, 0.4) is 0 Å². The maximum atomic E-state index is 13.0. The minimum atomic E-state index is -3.53. The van der Waals surface area contributed by atoms with Crippen molar-refractivity contribution in [2.24, 2.45) is 0 Å². The van der Waals surface area contributed by atoms with Crippen molar-refractivity contribution in [2.75, 3.05) is 13.1 Å². The van der Waals surface area contributed by atoms with Gasteiger partial charge in [0.15, 0.2) is 6.29 Å². The fraction of sp³-hybridized carbons (Fsp3) is 0.400.